The molecule has 0 unspecified atom stereocenters. The van der Waals surface area contributed by atoms with E-state index >= 15 is 0 Å². The largest absolute Gasteiger partial charge is 0.349 e. The molecule has 2 atom stereocenters. The Morgan fingerprint density at radius 1 is 1.21 bits per heavy atom. The van der Waals surface area contributed by atoms with Crippen LogP contribution in [0.25, 0.3) is 0 Å². The molecule has 132 valence electrons. The van der Waals surface area contributed by atoms with Gasteiger partial charge < -0.3 is 16.4 Å². The molecule has 0 aromatic heterocycles. The third-order valence-electron chi connectivity index (χ3n) is 4.97. The average Bonchev–Trinajstić information content (AvgIpc) is 3.22. The third-order valence-corrected chi connectivity index (χ3v) is 4.97. The molecule has 1 aromatic carbocycles. The van der Waals surface area contributed by atoms with Gasteiger partial charge in [-0.1, -0.05) is 12.5 Å². The first kappa shape index (κ1) is 18.7. The molecule has 4 N–H and O–H groups in total. The highest BCUT2D eigenvalue weighted by atomic mass is 35.5. The molecule has 1 aromatic rings. The van der Waals surface area contributed by atoms with Gasteiger partial charge in [-0.25, -0.2) is 0 Å². The topological polar surface area (TPSA) is 84.2 Å². The van der Waals surface area contributed by atoms with E-state index in [2.05, 4.69) is 10.6 Å². The lowest BCUT2D eigenvalue weighted by molar-refractivity contribution is -0.120. The summed E-state index contributed by atoms with van der Waals surface area (Å²) in [5.41, 5.74) is 8.05. The zero-order valence-corrected chi connectivity index (χ0v) is 14.8. The molecule has 2 saturated carbocycles. The molecule has 2 amide bonds. The Bertz CT molecular complexity index is 616. The Hall–Kier alpha value is -1.59. The number of halogens is 1. The summed E-state index contributed by atoms with van der Waals surface area (Å²) in [6, 6.07) is 5.79. The highest BCUT2D eigenvalue weighted by Gasteiger charge is 2.32. The number of hydrogen-bond donors (Lipinski definition) is 3. The SMILES string of the molecule is Cc1ccc(C(=O)NC2CC2)cc1NC(=O)[C@@H]1CCC[C@@H]1CN.Cl. The van der Waals surface area contributed by atoms with Crippen LogP contribution >= 0.6 is 12.4 Å². The summed E-state index contributed by atoms with van der Waals surface area (Å²) in [6.07, 6.45) is 5.10. The quantitative estimate of drug-likeness (QED) is 0.762. The Balaban J connectivity index is 0.00000208. The number of carbonyl (C=O) groups excluding carboxylic acids is 2. The lowest BCUT2D eigenvalue weighted by atomic mass is 9.95. The van der Waals surface area contributed by atoms with Crippen LogP contribution in [0.2, 0.25) is 0 Å². The molecule has 2 fully saturated rings. The summed E-state index contributed by atoms with van der Waals surface area (Å²) < 4.78 is 0. The van der Waals surface area contributed by atoms with Crippen molar-refractivity contribution in [3.05, 3.63) is 29.3 Å². The number of hydrogen-bond acceptors (Lipinski definition) is 3. The van der Waals surface area contributed by atoms with Crippen LogP contribution in [0.5, 0.6) is 0 Å². The zero-order chi connectivity index (χ0) is 16.4. The molecule has 0 spiro atoms. The second-order valence-electron chi connectivity index (χ2n) is 6.80. The van der Waals surface area contributed by atoms with Crippen LogP contribution in [-0.4, -0.2) is 24.4 Å². The number of aryl methyl sites for hydroxylation is 1. The van der Waals surface area contributed by atoms with E-state index in [4.69, 9.17) is 5.73 Å². The first-order valence-corrected chi connectivity index (χ1v) is 8.51. The molecule has 24 heavy (non-hydrogen) atoms. The summed E-state index contributed by atoms with van der Waals surface area (Å²) in [5.74, 6) is 0.226. The number of nitrogens with one attached hydrogen (secondary N) is 2. The molecule has 6 heteroatoms. The summed E-state index contributed by atoms with van der Waals surface area (Å²) >= 11 is 0. The third kappa shape index (κ3) is 4.28. The highest BCUT2D eigenvalue weighted by molar-refractivity contribution is 5.98. The lowest BCUT2D eigenvalue weighted by Gasteiger charge is -2.18. The predicted molar refractivity (Wildman–Crippen MR) is 97.4 cm³/mol. The minimum Gasteiger partial charge on any atom is -0.349 e. The molecule has 0 aliphatic heterocycles. The number of nitrogens with two attached hydrogens (primary N) is 1. The van der Waals surface area contributed by atoms with Gasteiger partial charge in [-0.3, -0.25) is 9.59 Å². The van der Waals surface area contributed by atoms with Gasteiger partial charge in [-0.05, 0) is 62.8 Å². The number of anilines is 1. The van der Waals surface area contributed by atoms with Crippen molar-refractivity contribution in [1.82, 2.24) is 5.32 Å². The molecule has 0 saturated heterocycles. The molecule has 0 bridgehead atoms. The van der Waals surface area contributed by atoms with E-state index in [9.17, 15) is 9.59 Å². The second kappa shape index (κ2) is 7.99. The minimum absolute atomic E-state index is 0. The Morgan fingerprint density at radius 2 is 1.96 bits per heavy atom. The number of amides is 2. The summed E-state index contributed by atoms with van der Waals surface area (Å²) in [6.45, 7) is 2.49. The van der Waals surface area contributed by atoms with E-state index in [0.717, 1.165) is 43.4 Å². The lowest BCUT2D eigenvalue weighted by Crippen LogP contribution is -2.30. The molecule has 0 heterocycles. The van der Waals surface area contributed by atoms with Gasteiger partial charge in [0.1, 0.15) is 0 Å². The summed E-state index contributed by atoms with van der Waals surface area (Å²) in [7, 11) is 0. The van der Waals surface area contributed by atoms with E-state index in [1.807, 2.05) is 13.0 Å². The van der Waals surface area contributed by atoms with Crippen LogP contribution in [0.3, 0.4) is 0 Å². The molecular weight excluding hydrogens is 326 g/mol. The van der Waals surface area contributed by atoms with Gasteiger partial charge in [0.15, 0.2) is 0 Å². The number of rotatable bonds is 5. The van der Waals surface area contributed by atoms with Crippen molar-refractivity contribution in [3.8, 4) is 0 Å². The monoisotopic (exact) mass is 351 g/mol. The minimum atomic E-state index is -0.0660. The maximum Gasteiger partial charge on any atom is 0.251 e. The highest BCUT2D eigenvalue weighted by Crippen LogP contribution is 2.32. The standard InChI is InChI=1S/C18H25N3O2.ClH/c1-11-5-6-12(17(22)20-14-7-8-14)9-16(11)21-18(23)15-4-2-3-13(15)10-19;/h5-6,9,13-15H,2-4,7-8,10,19H2,1H3,(H,20,22)(H,21,23);1H/t13-,15-;/m1./s1. The van der Waals surface area contributed by atoms with Gasteiger partial charge in [-0.2, -0.15) is 0 Å². The fourth-order valence-corrected chi connectivity index (χ4v) is 3.28. The first-order valence-electron chi connectivity index (χ1n) is 8.51. The van der Waals surface area contributed by atoms with Gasteiger partial charge in [0, 0.05) is 23.2 Å². The Labute approximate surface area is 149 Å². The average molecular weight is 352 g/mol. The molecular formula is C18H26ClN3O2. The smallest absolute Gasteiger partial charge is 0.251 e. The van der Waals surface area contributed by atoms with Gasteiger partial charge >= 0.3 is 0 Å². The Kier molecular flexibility index (Phi) is 6.24. The summed E-state index contributed by atoms with van der Waals surface area (Å²) in [5, 5.41) is 5.98. The van der Waals surface area contributed by atoms with E-state index in [1.54, 1.807) is 12.1 Å². The molecule has 5 nitrogen and oxygen atoms in total. The van der Waals surface area contributed by atoms with Crippen molar-refractivity contribution in [2.24, 2.45) is 17.6 Å². The maximum atomic E-state index is 12.5. The molecule has 0 radical (unpaired) electrons. The van der Waals surface area contributed by atoms with Crippen molar-refractivity contribution < 1.29 is 9.59 Å². The fraction of sp³-hybridized carbons (Fsp3) is 0.556. The van der Waals surface area contributed by atoms with Crippen molar-refractivity contribution >= 4 is 29.9 Å². The van der Waals surface area contributed by atoms with E-state index in [-0.39, 0.29) is 36.1 Å². The van der Waals surface area contributed by atoms with Gasteiger partial charge in [-0.15, -0.1) is 12.4 Å². The zero-order valence-electron chi connectivity index (χ0n) is 14.0. The first-order chi connectivity index (χ1) is 11.1. The molecule has 2 aliphatic rings. The Morgan fingerprint density at radius 3 is 2.62 bits per heavy atom. The number of benzene rings is 1. The fourth-order valence-electron chi connectivity index (χ4n) is 3.28. The van der Waals surface area contributed by atoms with Crippen molar-refractivity contribution in [1.29, 1.82) is 0 Å². The van der Waals surface area contributed by atoms with E-state index in [1.165, 1.54) is 0 Å². The van der Waals surface area contributed by atoms with Crippen LogP contribution in [0.1, 0.15) is 48.0 Å². The van der Waals surface area contributed by atoms with Crippen LogP contribution < -0.4 is 16.4 Å². The van der Waals surface area contributed by atoms with Gasteiger partial charge in [0.25, 0.3) is 5.91 Å². The van der Waals surface area contributed by atoms with E-state index < -0.39 is 0 Å². The molecule has 2 aliphatic carbocycles. The van der Waals surface area contributed by atoms with Crippen LogP contribution in [0, 0.1) is 18.8 Å². The van der Waals surface area contributed by atoms with Crippen LogP contribution in [0.15, 0.2) is 18.2 Å². The second-order valence-corrected chi connectivity index (χ2v) is 6.80. The van der Waals surface area contributed by atoms with Crippen molar-refractivity contribution in [2.75, 3.05) is 11.9 Å². The number of carbonyl (C=O) groups is 2. The summed E-state index contributed by atoms with van der Waals surface area (Å²) in [4.78, 5) is 24.7. The normalized spacial score (nSPS) is 22.6. The van der Waals surface area contributed by atoms with Gasteiger partial charge in [0.05, 0.1) is 0 Å². The van der Waals surface area contributed by atoms with Crippen LogP contribution in [0.4, 0.5) is 5.69 Å². The van der Waals surface area contributed by atoms with Crippen molar-refractivity contribution in [2.45, 2.75) is 45.1 Å². The molecule has 3 rings (SSSR count). The van der Waals surface area contributed by atoms with Gasteiger partial charge in [0.2, 0.25) is 5.91 Å². The maximum absolute atomic E-state index is 12.5. The van der Waals surface area contributed by atoms with E-state index in [0.29, 0.717) is 18.2 Å². The predicted octanol–water partition coefficient (Wildman–Crippen LogP) is 2.62. The van der Waals surface area contributed by atoms with Crippen molar-refractivity contribution in [3.63, 3.8) is 0 Å². The van der Waals surface area contributed by atoms with Crippen LogP contribution in [-0.2, 0) is 4.79 Å².